The molecule has 0 saturated carbocycles. The molecule has 0 fully saturated rings. The van der Waals surface area contributed by atoms with Crippen LogP contribution < -0.4 is 14.8 Å². The van der Waals surface area contributed by atoms with Gasteiger partial charge < -0.3 is 19.2 Å². The zero-order valence-corrected chi connectivity index (χ0v) is 13.0. The van der Waals surface area contributed by atoms with E-state index in [0.717, 1.165) is 29.4 Å². The lowest BCUT2D eigenvalue weighted by atomic mass is 10.1. The Labute approximate surface area is 138 Å². The molecule has 1 aliphatic rings. The summed E-state index contributed by atoms with van der Waals surface area (Å²) in [5, 5.41) is 2.13. The number of hydrogen-bond donors (Lipinski definition) is 1. The fourth-order valence-electron chi connectivity index (χ4n) is 2.74. The molecule has 4 rings (SSSR count). The van der Waals surface area contributed by atoms with E-state index in [1.165, 1.54) is 6.07 Å². The lowest BCUT2D eigenvalue weighted by Crippen LogP contribution is -2.80. The highest BCUT2D eigenvalue weighted by atomic mass is 19.1. The van der Waals surface area contributed by atoms with Crippen LogP contribution in [0.25, 0.3) is 11.3 Å². The van der Waals surface area contributed by atoms with E-state index in [1.807, 2.05) is 30.3 Å². The Morgan fingerprint density at radius 3 is 2.71 bits per heavy atom. The van der Waals surface area contributed by atoms with Crippen LogP contribution >= 0.6 is 0 Å². The molecule has 5 heteroatoms. The summed E-state index contributed by atoms with van der Waals surface area (Å²) in [5.41, 5.74) is 1.64. The van der Waals surface area contributed by atoms with Gasteiger partial charge in [0.25, 0.3) is 0 Å². The normalized spacial score (nSPS) is 12.5. The van der Waals surface area contributed by atoms with Crippen molar-refractivity contribution < 1.29 is 23.6 Å². The van der Waals surface area contributed by atoms with Crippen LogP contribution in [0, 0.1) is 5.82 Å². The van der Waals surface area contributed by atoms with E-state index in [-0.39, 0.29) is 12.6 Å². The minimum Gasteiger partial charge on any atom is -0.455 e. The van der Waals surface area contributed by atoms with Crippen LogP contribution in [-0.4, -0.2) is 6.79 Å². The maximum Gasteiger partial charge on any atom is 0.231 e. The van der Waals surface area contributed by atoms with Crippen LogP contribution in [0.5, 0.6) is 11.5 Å². The topological polar surface area (TPSA) is 48.2 Å². The Bertz CT molecular complexity index is 859. The fraction of sp³-hybridized carbons (Fsp3) is 0.158. The van der Waals surface area contributed by atoms with Crippen molar-refractivity contribution in [3.63, 3.8) is 0 Å². The molecule has 0 saturated heterocycles. The number of fused-ring (bicyclic) bond motifs is 1. The number of halogens is 1. The molecule has 0 amide bonds. The molecule has 2 aromatic carbocycles. The van der Waals surface area contributed by atoms with Crippen LogP contribution in [0.3, 0.4) is 0 Å². The fourth-order valence-corrected chi connectivity index (χ4v) is 2.74. The largest absolute Gasteiger partial charge is 0.455 e. The van der Waals surface area contributed by atoms with Gasteiger partial charge >= 0.3 is 0 Å². The van der Waals surface area contributed by atoms with Crippen LogP contribution in [0.2, 0.25) is 0 Å². The van der Waals surface area contributed by atoms with Crippen LogP contribution in [-0.2, 0) is 13.1 Å². The Morgan fingerprint density at radius 2 is 1.79 bits per heavy atom. The summed E-state index contributed by atoms with van der Waals surface area (Å²) < 4.78 is 30.2. The van der Waals surface area contributed by atoms with E-state index < -0.39 is 0 Å². The van der Waals surface area contributed by atoms with E-state index in [1.54, 1.807) is 18.2 Å². The van der Waals surface area contributed by atoms with Gasteiger partial charge in [0.15, 0.2) is 17.3 Å². The molecule has 3 aromatic rings. The highest BCUT2D eigenvalue weighted by Crippen LogP contribution is 2.32. The minimum atomic E-state index is -0.275. The van der Waals surface area contributed by atoms with Gasteiger partial charge in [-0.05, 0) is 42.5 Å². The number of quaternary nitrogens is 1. The van der Waals surface area contributed by atoms with Crippen molar-refractivity contribution in [2.75, 3.05) is 6.79 Å². The smallest absolute Gasteiger partial charge is 0.231 e. The average molecular weight is 326 g/mol. The maximum atomic E-state index is 13.8. The first-order valence-electron chi connectivity index (χ1n) is 7.83. The Balaban J connectivity index is 1.38. The molecular formula is C19H17FNO3+. The summed E-state index contributed by atoms with van der Waals surface area (Å²) in [4.78, 5) is 0. The van der Waals surface area contributed by atoms with E-state index in [0.29, 0.717) is 17.9 Å². The predicted octanol–water partition coefficient (Wildman–Crippen LogP) is 3.08. The van der Waals surface area contributed by atoms with Crippen molar-refractivity contribution in [2.24, 2.45) is 0 Å². The van der Waals surface area contributed by atoms with Gasteiger partial charge in [-0.25, -0.2) is 4.39 Å². The molecule has 122 valence electrons. The highest BCUT2D eigenvalue weighted by molar-refractivity contribution is 5.58. The highest BCUT2D eigenvalue weighted by Gasteiger charge is 2.14. The third kappa shape index (κ3) is 2.98. The SMILES string of the molecule is Fc1ccccc1-c1ccc(C[NH2+]Cc2ccc3c(c2)OCO3)o1. The van der Waals surface area contributed by atoms with Gasteiger partial charge in [-0.1, -0.05) is 12.1 Å². The monoisotopic (exact) mass is 326 g/mol. The van der Waals surface area contributed by atoms with Crippen molar-refractivity contribution in [3.8, 4) is 22.8 Å². The molecule has 2 N–H and O–H groups in total. The van der Waals surface area contributed by atoms with Gasteiger partial charge in [-0.2, -0.15) is 0 Å². The molecule has 0 aliphatic carbocycles. The number of furan rings is 1. The van der Waals surface area contributed by atoms with E-state index in [2.05, 4.69) is 5.32 Å². The number of hydrogen-bond acceptors (Lipinski definition) is 3. The summed E-state index contributed by atoms with van der Waals surface area (Å²) in [5.74, 6) is 2.68. The van der Waals surface area contributed by atoms with Crippen molar-refractivity contribution in [1.29, 1.82) is 0 Å². The number of rotatable bonds is 5. The average Bonchev–Trinajstić information content (AvgIpc) is 3.24. The predicted molar refractivity (Wildman–Crippen MR) is 86.0 cm³/mol. The van der Waals surface area contributed by atoms with Gasteiger partial charge in [-0.3, -0.25) is 0 Å². The first kappa shape index (κ1) is 14.8. The quantitative estimate of drug-likeness (QED) is 0.784. The van der Waals surface area contributed by atoms with Crippen molar-refractivity contribution in [1.82, 2.24) is 0 Å². The van der Waals surface area contributed by atoms with E-state index >= 15 is 0 Å². The van der Waals surface area contributed by atoms with Gasteiger partial charge in [-0.15, -0.1) is 0 Å². The molecule has 2 heterocycles. The molecule has 1 aliphatic heterocycles. The Morgan fingerprint density at radius 1 is 0.917 bits per heavy atom. The first-order valence-corrected chi connectivity index (χ1v) is 7.83. The second-order valence-corrected chi connectivity index (χ2v) is 5.63. The van der Waals surface area contributed by atoms with Crippen LogP contribution in [0.4, 0.5) is 4.39 Å². The number of ether oxygens (including phenoxy) is 2. The Kier molecular flexibility index (Phi) is 3.92. The molecule has 0 bridgehead atoms. The summed E-state index contributed by atoms with van der Waals surface area (Å²) in [7, 11) is 0. The third-order valence-electron chi connectivity index (χ3n) is 3.96. The zero-order chi connectivity index (χ0) is 16.4. The third-order valence-corrected chi connectivity index (χ3v) is 3.96. The second-order valence-electron chi connectivity index (χ2n) is 5.63. The van der Waals surface area contributed by atoms with Gasteiger partial charge in [0.1, 0.15) is 24.7 Å². The zero-order valence-electron chi connectivity index (χ0n) is 13.0. The lowest BCUT2D eigenvalue weighted by Gasteiger charge is -2.02. The van der Waals surface area contributed by atoms with Crippen LogP contribution in [0.15, 0.2) is 59.0 Å². The number of benzene rings is 2. The molecule has 0 atom stereocenters. The van der Waals surface area contributed by atoms with Crippen LogP contribution in [0.1, 0.15) is 11.3 Å². The standard InChI is InChI=1S/C19H16FNO3/c20-16-4-2-1-3-15(16)17-8-6-14(24-17)11-21-10-13-5-7-18-19(9-13)23-12-22-18/h1-9,21H,10-12H2/p+1. The Hall–Kier alpha value is -2.79. The van der Waals surface area contributed by atoms with Gasteiger partial charge in [0, 0.05) is 5.56 Å². The molecular weight excluding hydrogens is 309 g/mol. The summed E-state index contributed by atoms with van der Waals surface area (Å²) >= 11 is 0. The molecule has 0 radical (unpaired) electrons. The van der Waals surface area contributed by atoms with Crippen molar-refractivity contribution in [2.45, 2.75) is 13.1 Å². The minimum absolute atomic E-state index is 0.275. The molecule has 0 spiro atoms. The van der Waals surface area contributed by atoms with Gasteiger partial charge in [0.05, 0.1) is 5.56 Å². The number of nitrogens with two attached hydrogens (primary N) is 1. The summed E-state index contributed by atoms with van der Waals surface area (Å²) in [6.45, 7) is 1.77. The van der Waals surface area contributed by atoms with E-state index in [4.69, 9.17) is 13.9 Å². The molecule has 24 heavy (non-hydrogen) atoms. The lowest BCUT2D eigenvalue weighted by molar-refractivity contribution is -0.687. The van der Waals surface area contributed by atoms with E-state index in [9.17, 15) is 4.39 Å². The van der Waals surface area contributed by atoms with Crippen molar-refractivity contribution >= 4 is 0 Å². The molecule has 0 unspecified atom stereocenters. The second kappa shape index (κ2) is 6.37. The summed E-state index contributed by atoms with van der Waals surface area (Å²) in [6.07, 6.45) is 0. The van der Waals surface area contributed by atoms with Gasteiger partial charge in [0.2, 0.25) is 6.79 Å². The molecule has 1 aromatic heterocycles. The molecule has 4 nitrogen and oxygen atoms in total. The maximum absolute atomic E-state index is 13.8. The van der Waals surface area contributed by atoms with Crippen molar-refractivity contribution in [3.05, 3.63) is 71.7 Å². The summed E-state index contributed by atoms with van der Waals surface area (Å²) in [6, 6.07) is 16.3. The first-order chi connectivity index (χ1) is 11.8.